The molecule has 74 valence electrons. The molecule has 0 N–H and O–H groups in total. The Morgan fingerprint density at radius 2 is 1.29 bits per heavy atom. The van der Waals surface area contributed by atoms with Crippen LogP contribution in [0.1, 0.15) is 26.7 Å². The smallest absolute Gasteiger partial charge is 0.0129 e. The van der Waals surface area contributed by atoms with E-state index in [0.29, 0.717) is 0 Å². The van der Waals surface area contributed by atoms with Crippen LogP contribution in [0.15, 0.2) is 47.6 Å². The van der Waals surface area contributed by atoms with Crippen molar-refractivity contribution in [1.82, 2.24) is 0 Å². The highest BCUT2D eigenvalue weighted by Gasteiger charge is 2.17. The number of hydrogen-bond acceptors (Lipinski definition) is 0. The van der Waals surface area contributed by atoms with Gasteiger partial charge >= 0.3 is 0 Å². The Labute approximate surface area is 86.7 Å². The lowest BCUT2D eigenvalue weighted by Gasteiger charge is -2.24. The molecule has 0 aromatic rings. The topological polar surface area (TPSA) is 0 Å². The number of allylic oxidation sites excluding steroid dienone is 8. The van der Waals surface area contributed by atoms with Crippen LogP contribution in [0.25, 0.3) is 0 Å². The second-order valence-corrected chi connectivity index (χ2v) is 4.41. The van der Waals surface area contributed by atoms with Crippen LogP contribution in [0.4, 0.5) is 0 Å². The molecule has 0 aromatic heterocycles. The van der Waals surface area contributed by atoms with E-state index in [1.807, 2.05) is 0 Å². The molecule has 0 heterocycles. The van der Waals surface area contributed by atoms with Gasteiger partial charge in [0, 0.05) is 0 Å². The van der Waals surface area contributed by atoms with Gasteiger partial charge in [0.1, 0.15) is 0 Å². The minimum absolute atomic E-state index is 0.722. The van der Waals surface area contributed by atoms with Crippen LogP contribution in [0, 0.1) is 11.8 Å². The minimum Gasteiger partial charge on any atom is -0.0810 e. The van der Waals surface area contributed by atoms with Gasteiger partial charge in [-0.25, -0.2) is 0 Å². The van der Waals surface area contributed by atoms with Crippen LogP contribution >= 0.6 is 0 Å². The molecule has 0 amide bonds. The SMILES string of the molecule is CC1=CCC(C2C=CC(C)=CC2)C=C1. The Balaban J connectivity index is 2.00. The first kappa shape index (κ1) is 9.51. The summed E-state index contributed by atoms with van der Waals surface area (Å²) in [5, 5.41) is 0. The summed E-state index contributed by atoms with van der Waals surface area (Å²) in [4.78, 5) is 0. The van der Waals surface area contributed by atoms with E-state index < -0.39 is 0 Å². The number of rotatable bonds is 1. The third-order valence-electron chi connectivity index (χ3n) is 3.19. The molecular weight excluding hydrogens is 168 g/mol. The summed E-state index contributed by atoms with van der Waals surface area (Å²) < 4.78 is 0. The summed E-state index contributed by atoms with van der Waals surface area (Å²) in [6, 6.07) is 0. The Bertz CT molecular complexity index is 292. The second kappa shape index (κ2) is 4.00. The van der Waals surface area contributed by atoms with Gasteiger partial charge in [-0.05, 0) is 38.5 Å². The van der Waals surface area contributed by atoms with Crippen molar-refractivity contribution in [2.75, 3.05) is 0 Å². The van der Waals surface area contributed by atoms with E-state index in [0.717, 1.165) is 11.8 Å². The summed E-state index contributed by atoms with van der Waals surface area (Å²) in [6.45, 7) is 4.35. The van der Waals surface area contributed by atoms with Crippen molar-refractivity contribution in [3.8, 4) is 0 Å². The van der Waals surface area contributed by atoms with Crippen LogP contribution in [0.5, 0.6) is 0 Å². The molecule has 2 unspecified atom stereocenters. The molecule has 0 saturated heterocycles. The third kappa shape index (κ3) is 2.06. The molecule has 14 heavy (non-hydrogen) atoms. The fourth-order valence-electron chi connectivity index (χ4n) is 2.12. The first-order valence-electron chi connectivity index (χ1n) is 5.45. The normalized spacial score (nSPS) is 31.3. The van der Waals surface area contributed by atoms with E-state index in [1.165, 1.54) is 24.0 Å². The quantitative estimate of drug-likeness (QED) is 0.580. The van der Waals surface area contributed by atoms with Crippen molar-refractivity contribution < 1.29 is 0 Å². The van der Waals surface area contributed by atoms with Crippen LogP contribution in [0.2, 0.25) is 0 Å². The van der Waals surface area contributed by atoms with E-state index in [9.17, 15) is 0 Å². The average Bonchev–Trinajstić information content (AvgIpc) is 2.21. The molecule has 0 nitrogen and oxygen atoms in total. The molecule has 0 radical (unpaired) electrons. The first-order valence-corrected chi connectivity index (χ1v) is 5.45. The van der Waals surface area contributed by atoms with Crippen LogP contribution in [0.3, 0.4) is 0 Å². The van der Waals surface area contributed by atoms with Crippen molar-refractivity contribution >= 4 is 0 Å². The Morgan fingerprint density at radius 3 is 1.57 bits per heavy atom. The van der Waals surface area contributed by atoms with Crippen molar-refractivity contribution in [3.05, 3.63) is 47.6 Å². The lowest BCUT2D eigenvalue weighted by Crippen LogP contribution is -2.12. The maximum absolute atomic E-state index is 2.37. The van der Waals surface area contributed by atoms with E-state index >= 15 is 0 Å². The van der Waals surface area contributed by atoms with E-state index in [-0.39, 0.29) is 0 Å². The van der Waals surface area contributed by atoms with Crippen molar-refractivity contribution in [3.63, 3.8) is 0 Å². The number of hydrogen-bond donors (Lipinski definition) is 0. The molecule has 2 rings (SSSR count). The molecule has 2 aliphatic carbocycles. The summed E-state index contributed by atoms with van der Waals surface area (Å²) in [7, 11) is 0. The molecule has 0 heteroatoms. The molecule has 0 aliphatic heterocycles. The molecule has 0 fully saturated rings. The van der Waals surface area contributed by atoms with Gasteiger partial charge in [0.25, 0.3) is 0 Å². The zero-order chi connectivity index (χ0) is 9.97. The van der Waals surface area contributed by atoms with Crippen molar-refractivity contribution in [1.29, 1.82) is 0 Å². The Morgan fingerprint density at radius 1 is 0.857 bits per heavy atom. The summed E-state index contributed by atoms with van der Waals surface area (Å²) >= 11 is 0. The predicted octanol–water partition coefficient (Wildman–Crippen LogP) is 4.03. The van der Waals surface area contributed by atoms with Crippen LogP contribution < -0.4 is 0 Å². The van der Waals surface area contributed by atoms with E-state index in [1.54, 1.807) is 0 Å². The lowest BCUT2D eigenvalue weighted by atomic mass is 9.81. The second-order valence-electron chi connectivity index (χ2n) is 4.41. The zero-order valence-electron chi connectivity index (χ0n) is 9.03. The van der Waals surface area contributed by atoms with Gasteiger partial charge in [-0.3, -0.25) is 0 Å². The van der Waals surface area contributed by atoms with Gasteiger partial charge in [-0.15, -0.1) is 0 Å². The van der Waals surface area contributed by atoms with Crippen molar-refractivity contribution in [2.45, 2.75) is 26.7 Å². The maximum atomic E-state index is 2.37. The van der Waals surface area contributed by atoms with Gasteiger partial charge < -0.3 is 0 Å². The molecule has 0 aromatic carbocycles. The van der Waals surface area contributed by atoms with Crippen molar-refractivity contribution in [2.24, 2.45) is 11.8 Å². The lowest BCUT2D eigenvalue weighted by molar-refractivity contribution is 0.475. The largest absolute Gasteiger partial charge is 0.0810 e. The van der Waals surface area contributed by atoms with E-state index in [4.69, 9.17) is 0 Å². The molecule has 0 saturated carbocycles. The van der Waals surface area contributed by atoms with E-state index in [2.05, 4.69) is 50.3 Å². The van der Waals surface area contributed by atoms with Gasteiger partial charge in [-0.2, -0.15) is 0 Å². The van der Waals surface area contributed by atoms with Gasteiger partial charge in [-0.1, -0.05) is 47.6 Å². The summed E-state index contributed by atoms with van der Waals surface area (Å²) in [5.41, 5.74) is 2.82. The fourth-order valence-corrected chi connectivity index (χ4v) is 2.12. The van der Waals surface area contributed by atoms with Gasteiger partial charge in [0.2, 0.25) is 0 Å². The molecular formula is C14H18. The van der Waals surface area contributed by atoms with Gasteiger partial charge in [0.05, 0.1) is 0 Å². The monoisotopic (exact) mass is 186 g/mol. The first-order chi connectivity index (χ1) is 6.75. The Kier molecular flexibility index (Phi) is 2.72. The highest BCUT2D eigenvalue weighted by molar-refractivity contribution is 5.26. The van der Waals surface area contributed by atoms with Crippen LogP contribution in [-0.4, -0.2) is 0 Å². The highest BCUT2D eigenvalue weighted by atomic mass is 14.2. The third-order valence-corrected chi connectivity index (χ3v) is 3.19. The standard InChI is InChI=1S/C14H18/c1-11-3-7-13(8-4-11)14-9-5-12(2)6-10-14/h3-7,9,13-14H,8,10H2,1-2H3. The van der Waals surface area contributed by atoms with Crippen LogP contribution in [-0.2, 0) is 0 Å². The summed E-state index contributed by atoms with van der Waals surface area (Å²) in [5.74, 6) is 1.44. The Hall–Kier alpha value is -1.04. The molecule has 2 atom stereocenters. The average molecular weight is 186 g/mol. The maximum Gasteiger partial charge on any atom is -0.0129 e. The summed E-state index contributed by atoms with van der Waals surface area (Å²) in [6.07, 6.45) is 16.4. The predicted molar refractivity (Wildman–Crippen MR) is 62.0 cm³/mol. The van der Waals surface area contributed by atoms with Gasteiger partial charge in [0.15, 0.2) is 0 Å². The molecule has 0 bridgehead atoms. The molecule has 0 spiro atoms. The highest BCUT2D eigenvalue weighted by Crippen LogP contribution is 2.30. The fraction of sp³-hybridized carbons (Fsp3) is 0.429. The zero-order valence-corrected chi connectivity index (χ0v) is 9.03. The minimum atomic E-state index is 0.722. The molecule has 2 aliphatic rings.